The molecule has 34 heavy (non-hydrogen) atoms. The summed E-state index contributed by atoms with van der Waals surface area (Å²) in [6.07, 6.45) is 3.08. The Labute approximate surface area is 202 Å². The molecule has 1 saturated heterocycles. The molecule has 2 aromatic heterocycles. The number of hydrogen-bond donors (Lipinski definition) is 2. The lowest BCUT2D eigenvalue weighted by Crippen LogP contribution is -2.44. The van der Waals surface area contributed by atoms with Crippen LogP contribution in [0.4, 0.5) is 10.8 Å². The van der Waals surface area contributed by atoms with Gasteiger partial charge in [0, 0.05) is 24.8 Å². The molecular weight excluding hydrogens is 452 g/mol. The Morgan fingerprint density at radius 3 is 2.68 bits per heavy atom. The van der Waals surface area contributed by atoms with E-state index >= 15 is 0 Å². The summed E-state index contributed by atoms with van der Waals surface area (Å²) >= 11 is 1.26. The molecule has 4 rings (SSSR count). The fourth-order valence-electron chi connectivity index (χ4n) is 4.20. The highest BCUT2D eigenvalue weighted by Crippen LogP contribution is 2.29. The van der Waals surface area contributed by atoms with Gasteiger partial charge < -0.3 is 15.5 Å². The summed E-state index contributed by atoms with van der Waals surface area (Å²) in [4.78, 5) is 49.1. The van der Waals surface area contributed by atoms with E-state index in [0.29, 0.717) is 22.0 Å². The summed E-state index contributed by atoms with van der Waals surface area (Å²) in [5.41, 5.74) is 2.75. The van der Waals surface area contributed by atoms with Gasteiger partial charge in [0.1, 0.15) is 17.6 Å². The van der Waals surface area contributed by atoms with Crippen molar-refractivity contribution in [1.82, 2.24) is 19.9 Å². The predicted molar refractivity (Wildman–Crippen MR) is 134 cm³/mol. The molecule has 10 heteroatoms. The fourth-order valence-corrected chi connectivity index (χ4v) is 5.20. The number of hydrogen-bond acceptors (Lipinski definition) is 7. The van der Waals surface area contributed by atoms with Crippen LogP contribution in [0.15, 0.2) is 29.3 Å². The van der Waals surface area contributed by atoms with E-state index in [1.807, 2.05) is 45.9 Å². The van der Waals surface area contributed by atoms with Crippen LogP contribution in [0.25, 0.3) is 10.3 Å². The van der Waals surface area contributed by atoms with Crippen LogP contribution >= 0.6 is 11.3 Å². The van der Waals surface area contributed by atoms with Crippen molar-refractivity contribution in [3.63, 3.8) is 0 Å². The molecule has 9 nitrogen and oxygen atoms in total. The molecule has 0 saturated carbocycles. The number of aryl methyl sites for hydroxylation is 2. The zero-order chi connectivity index (χ0) is 24.4. The van der Waals surface area contributed by atoms with Crippen molar-refractivity contribution in [3.8, 4) is 0 Å². The zero-order valence-corrected chi connectivity index (χ0v) is 20.7. The number of benzene rings is 1. The second-order valence-electron chi connectivity index (χ2n) is 9.09. The van der Waals surface area contributed by atoms with Crippen molar-refractivity contribution in [2.75, 3.05) is 23.3 Å². The lowest BCUT2D eigenvalue weighted by atomic mass is 9.97. The summed E-state index contributed by atoms with van der Waals surface area (Å²) in [5.74, 6) is -0.349. The average molecular weight is 483 g/mol. The molecule has 3 heterocycles. The van der Waals surface area contributed by atoms with E-state index in [0.717, 1.165) is 36.2 Å². The second kappa shape index (κ2) is 9.92. The van der Waals surface area contributed by atoms with Crippen molar-refractivity contribution in [2.24, 2.45) is 5.92 Å². The van der Waals surface area contributed by atoms with Gasteiger partial charge in [-0.15, -0.1) is 0 Å². The lowest BCUT2D eigenvalue weighted by Gasteiger charge is -2.32. The number of thiazole rings is 1. The van der Waals surface area contributed by atoms with Crippen molar-refractivity contribution in [2.45, 2.75) is 53.1 Å². The van der Waals surface area contributed by atoms with E-state index in [9.17, 15) is 14.4 Å². The van der Waals surface area contributed by atoms with E-state index in [2.05, 4.69) is 25.5 Å². The Bertz CT molecular complexity index is 1260. The van der Waals surface area contributed by atoms with Gasteiger partial charge in [-0.05, 0) is 51.7 Å². The minimum absolute atomic E-state index is 0.0520. The minimum atomic E-state index is -0.295. The Morgan fingerprint density at radius 1 is 1.24 bits per heavy atom. The van der Waals surface area contributed by atoms with E-state index in [-0.39, 0.29) is 35.9 Å². The van der Waals surface area contributed by atoms with Crippen molar-refractivity contribution < 1.29 is 9.59 Å². The van der Waals surface area contributed by atoms with Gasteiger partial charge in [-0.1, -0.05) is 29.5 Å². The molecule has 0 spiro atoms. The van der Waals surface area contributed by atoms with Crippen LogP contribution in [-0.2, 0) is 16.1 Å². The minimum Gasteiger partial charge on any atom is -0.354 e. The molecular formula is C24H30N6O3S. The zero-order valence-electron chi connectivity index (χ0n) is 19.9. The second-order valence-corrected chi connectivity index (χ2v) is 10.1. The number of rotatable bonds is 6. The number of anilines is 2. The third kappa shape index (κ3) is 5.11. The maximum Gasteiger partial charge on any atom is 0.273 e. The first-order chi connectivity index (χ1) is 16.2. The van der Waals surface area contributed by atoms with Crippen LogP contribution in [0.2, 0.25) is 0 Å². The molecule has 0 bridgehead atoms. The summed E-state index contributed by atoms with van der Waals surface area (Å²) < 4.78 is 1.72. The van der Waals surface area contributed by atoms with Gasteiger partial charge in [0.25, 0.3) is 5.56 Å². The first kappa shape index (κ1) is 23.9. The number of para-hydroxylation sites is 1. The van der Waals surface area contributed by atoms with Crippen molar-refractivity contribution in [3.05, 3.63) is 46.0 Å². The van der Waals surface area contributed by atoms with Gasteiger partial charge in [-0.2, -0.15) is 4.98 Å². The average Bonchev–Trinajstić information content (AvgIpc) is 3.23. The number of amides is 2. The Morgan fingerprint density at radius 2 is 1.97 bits per heavy atom. The van der Waals surface area contributed by atoms with Gasteiger partial charge in [0.15, 0.2) is 10.8 Å². The number of fused-ring (bicyclic) bond motifs is 1. The number of nitrogens with one attached hydrogen (secondary N) is 2. The Hall–Kier alpha value is -3.27. The molecule has 1 aliphatic rings. The lowest BCUT2D eigenvalue weighted by molar-refractivity contribution is -0.125. The monoisotopic (exact) mass is 482 g/mol. The molecule has 2 amide bonds. The van der Waals surface area contributed by atoms with Gasteiger partial charge in [-0.3, -0.25) is 19.0 Å². The molecule has 0 unspecified atom stereocenters. The van der Waals surface area contributed by atoms with E-state index in [1.165, 1.54) is 22.2 Å². The van der Waals surface area contributed by atoms with Gasteiger partial charge in [0.2, 0.25) is 11.8 Å². The molecule has 0 aliphatic carbocycles. The van der Waals surface area contributed by atoms with Crippen LogP contribution < -0.4 is 21.1 Å². The van der Waals surface area contributed by atoms with Crippen LogP contribution in [-0.4, -0.2) is 45.5 Å². The molecule has 1 fully saturated rings. The number of carbonyl (C=O) groups excluding carboxylic acids is 2. The van der Waals surface area contributed by atoms with E-state index in [1.54, 1.807) is 0 Å². The number of nitrogens with zero attached hydrogens (tertiary/aromatic N) is 4. The summed E-state index contributed by atoms with van der Waals surface area (Å²) in [6.45, 7) is 8.96. The molecule has 1 atom stereocenters. The fraction of sp³-hybridized carbons (Fsp3) is 0.458. The quantitative estimate of drug-likeness (QED) is 0.559. The smallest absolute Gasteiger partial charge is 0.273 e. The van der Waals surface area contributed by atoms with Crippen LogP contribution in [0, 0.1) is 19.8 Å². The number of piperidine rings is 1. The molecule has 2 N–H and O–H groups in total. The summed E-state index contributed by atoms with van der Waals surface area (Å²) in [7, 11) is 0. The van der Waals surface area contributed by atoms with Crippen molar-refractivity contribution >= 4 is 44.3 Å². The maximum absolute atomic E-state index is 13.1. The predicted octanol–water partition coefficient (Wildman–Crippen LogP) is 2.85. The van der Waals surface area contributed by atoms with Gasteiger partial charge in [-0.25, -0.2) is 4.98 Å². The molecule has 0 radical (unpaired) electrons. The third-order valence-corrected chi connectivity index (χ3v) is 7.02. The van der Waals surface area contributed by atoms with Crippen LogP contribution in [0.5, 0.6) is 0 Å². The van der Waals surface area contributed by atoms with Gasteiger partial charge in [0.05, 0.1) is 5.92 Å². The van der Waals surface area contributed by atoms with Gasteiger partial charge >= 0.3 is 0 Å². The molecule has 1 aliphatic heterocycles. The van der Waals surface area contributed by atoms with E-state index in [4.69, 9.17) is 0 Å². The largest absolute Gasteiger partial charge is 0.354 e. The maximum atomic E-state index is 13.1. The molecule has 3 aromatic rings. The Balaban J connectivity index is 1.51. The highest BCUT2D eigenvalue weighted by Gasteiger charge is 2.28. The summed E-state index contributed by atoms with van der Waals surface area (Å²) in [5, 5.41) is 6.57. The molecule has 180 valence electrons. The van der Waals surface area contributed by atoms with Crippen LogP contribution in [0.1, 0.15) is 37.8 Å². The normalized spacial score (nSPS) is 16.1. The standard InChI is InChI=1S/C24H30N6O3S/c1-14(2)26-22(32)17-9-6-10-29(11-17)24-28-21-20(34-24)23(33)30(13-25-21)12-18(31)27-19-15(3)7-5-8-16(19)4/h5,7-8,13-14,17H,6,9-12H2,1-4H3,(H,26,32)(H,27,31)/t17-/m0/s1. The van der Waals surface area contributed by atoms with E-state index < -0.39 is 0 Å². The first-order valence-corrected chi connectivity index (χ1v) is 12.3. The number of carbonyl (C=O) groups is 2. The Kier molecular flexibility index (Phi) is 6.97. The highest BCUT2D eigenvalue weighted by molar-refractivity contribution is 7.22. The topological polar surface area (TPSA) is 109 Å². The molecule has 1 aromatic carbocycles. The third-order valence-electron chi connectivity index (χ3n) is 5.93. The first-order valence-electron chi connectivity index (χ1n) is 11.5. The highest BCUT2D eigenvalue weighted by atomic mass is 32.1. The van der Waals surface area contributed by atoms with Crippen molar-refractivity contribution in [1.29, 1.82) is 0 Å². The SMILES string of the molecule is Cc1cccc(C)c1NC(=O)Cn1cnc2nc(N3CCC[C@H](C(=O)NC(C)C)C3)sc2c1=O. The summed E-state index contributed by atoms with van der Waals surface area (Å²) in [6, 6.07) is 5.89. The van der Waals surface area contributed by atoms with Crippen LogP contribution in [0.3, 0.4) is 0 Å². The number of aromatic nitrogens is 3.